The SMILES string of the molecule is CCCC(C)C1(C(C)CCC)c2c(Br)cc(Br)cc2-c2c1c1c(c3c(F)cc(F)cc23)OC(c2ccc(F)cc2)(c2ccc(N3CCCCC3)cc2)C=C1. The Morgan fingerprint density at radius 3 is 2.02 bits per heavy atom. The standard InChI is InChI=1S/C47H46Br2F3NO/c1-5-10-28(3)47(29(4)11-6-2)43-38(24-32(48)25-39(43)49)41-37-26-34(51)27-40(52)42(37)45-36(44(41)47)20-21-46(54-45,30-12-16-33(50)17-13-30)31-14-18-35(19-15-31)53-22-8-7-9-23-53/h12-21,24-29H,5-11,22-23H2,1-4H3. The fourth-order valence-electron chi connectivity index (χ4n) is 10.2. The van der Waals surface area contributed by atoms with E-state index in [0.29, 0.717) is 16.7 Å². The molecule has 5 aromatic rings. The normalized spacial score (nSPS) is 21.4. The summed E-state index contributed by atoms with van der Waals surface area (Å²) in [6, 6.07) is 21.5. The van der Waals surface area contributed by atoms with Crippen LogP contribution in [-0.2, 0) is 11.0 Å². The summed E-state index contributed by atoms with van der Waals surface area (Å²) in [5, 5.41) is 0.737. The van der Waals surface area contributed by atoms with Crippen LogP contribution in [0.15, 0.2) is 87.8 Å². The highest BCUT2D eigenvalue weighted by atomic mass is 79.9. The molecular formula is C47H46Br2F3NO. The van der Waals surface area contributed by atoms with Crippen molar-refractivity contribution in [3.05, 3.63) is 133 Å². The van der Waals surface area contributed by atoms with Crippen molar-refractivity contribution >= 4 is 54.4 Å². The highest BCUT2D eigenvalue weighted by molar-refractivity contribution is 9.11. The van der Waals surface area contributed by atoms with E-state index in [-0.39, 0.29) is 23.0 Å². The molecule has 0 aromatic heterocycles. The van der Waals surface area contributed by atoms with Crippen LogP contribution >= 0.6 is 31.9 Å². The van der Waals surface area contributed by atoms with Crippen LogP contribution in [0, 0.1) is 29.3 Å². The molecule has 0 spiro atoms. The second-order valence-corrected chi connectivity index (χ2v) is 17.4. The lowest BCUT2D eigenvalue weighted by atomic mass is 9.58. The molecule has 7 heteroatoms. The second-order valence-electron chi connectivity index (χ2n) is 15.6. The smallest absolute Gasteiger partial charge is 0.178 e. The molecule has 54 heavy (non-hydrogen) atoms. The van der Waals surface area contributed by atoms with Gasteiger partial charge in [-0.05, 0) is 120 Å². The minimum Gasteiger partial charge on any atom is -0.472 e. The Balaban J connectivity index is 1.46. The van der Waals surface area contributed by atoms with Gasteiger partial charge < -0.3 is 9.64 Å². The summed E-state index contributed by atoms with van der Waals surface area (Å²) in [5.41, 5.74) is 5.87. The molecule has 8 rings (SSSR count). The lowest BCUT2D eigenvalue weighted by molar-refractivity contribution is 0.161. The zero-order chi connectivity index (χ0) is 37.9. The Bertz CT molecular complexity index is 2250. The third-order valence-electron chi connectivity index (χ3n) is 12.5. The molecule has 0 amide bonds. The van der Waals surface area contributed by atoms with Crippen LogP contribution in [0.4, 0.5) is 18.9 Å². The summed E-state index contributed by atoms with van der Waals surface area (Å²) < 4.78 is 56.2. The monoisotopic (exact) mass is 855 g/mol. The number of fused-ring (bicyclic) bond motifs is 8. The maximum atomic E-state index is 16.7. The van der Waals surface area contributed by atoms with Gasteiger partial charge in [-0.25, -0.2) is 13.2 Å². The predicted octanol–water partition coefficient (Wildman–Crippen LogP) is 14.3. The van der Waals surface area contributed by atoms with Gasteiger partial charge in [0.2, 0.25) is 0 Å². The number of benzene rings is 5. The molecule has 2 nitrogen and oxygen atoms in total. The number of rotatable bonds is 9. The van der Waals surface area contributed by atoms with Gasteiger partial charge in [0.15, 0.2) is 5.60 Å². The van der Waals surface area contributed by atoms with Crippen LogP contribution in [0.5, 0.6) is 5.75 Å². The second kappa shape index (κ2) is 14.5. The van der Waals surface area contributed by atoms with E-state index >= 15 is 8.78 Å². The van der Waals surface area contributed by atoms with Gasteiger partial charge in [-0.3, -0.25) is 0 Å². The van der Waals surface area contributed by atoms with E-state index in [1.165, 1.54) is 43.0 Å². The van der Waals surface area contributed by atoms with E-state index in [1.807, 2.05) is 0 Å². The Morgan fingerprint density at radius 2 is 1.39 bits per heavy atom. The first-order chi connectivity index (χ1) is 26.0. The Kier molecular flexibility index (Phi) is 10.0. The minimum atomic E-state index is -1.22. The first kappa shape index (κ1) is 37.4. The van der Waals surface area contributed by atoms with Gasteiger partial charge in [0.25, 0.3) is 0 Å². The number of nitrogens with zero attached hydrogens (tertiary/aromatic N) is 1. The van der Waals surface area contributed by atoms with Crippen molar-refractivity contribution in [1.82, 2.24) is 0 Å². The molecule has 0 saturated carbocycles. The number of ether oxygens (including phenoxy) is 1. The predicted molar refractivity (Wildman–Crippen MR) is 223 cm³/mol. The number of anilines is 1. The summed E-state index contributed by atoms with van der Waals surface area (Å²) in [4.78, 5) is 2.41. The molecule has 0 N–H and O–H groups in total. The quantitative estimate of drug-likeness (QED) is 0.146. The molecule has 280 valence electrons. The maximum absolute atomic E-state index is 16.7. The lowest BCUT2D eigenvalue weighted by Crippen LogP contribution is -2.41. The van der Waals surface area contributed by atoms with E-state index in [0.717, 1.165) is 87.3 Å². The fourth-order valence-corrected chi connectivity index (χ4v) is 11.8. The lowest BCUT2D eigenvalue weighted by Gasteiger charge is -2.46. The van der Waals surface area contributed by atoms with E-state index < -0.39 is 22.7 Å². The van der Waals surface area contributed by atoms with Gasteiger partial charge in [-0.2, -0.15) is 0 Å². The van der Waals surface area contributed by atoms with Gasteiger partial charge in [-0.15, -0.1) is 0 Å². The first-order valence-electron chi connectivity index (χ1n) is 19.5. The molecule has 5 aromatic carbocycles. The molecule has 1 saturated heterocycles. The molecule has 0 bridgehead atoms. The fraction of sp³-hybridized carbons (Fsp3) is 0.362. The van der Waals surface area contributed by atoms with E-state index in [1.54, 1.807) is 12.1 Å². The van der Waals surface area contributed by atoms with Crippen LogP contribution in [0.1, 0.15) is 100 Å². The molecule has 1 aliphatic carbocycles. The summed E-state index contributed by atoms with van der Waals surface area (Å²) >= 11 is 7.78. The summed E-state index contributed by atoms with van der Waals surface area (Å²) in [6.07, 6.45) is 11.7. The van der Waals surface area contributed by atoms with E-state index in [4.69, 9.17) is 4.74 Å². The maximum Gasteiger partial charge on any atom is 0.178 e. The molecule has 3 atom stereocenters. The number of hydrogen-bond acceptors (Lipinski definition) is 2. The highest BCUT2D eigenvalue weighted by Crippen LogP contribution is 2.65. The van der Waals surface area contributed by atoms with Crippen molar-refractivity contribution < 1.29 is 17.9 Å². The van der Waals surface area contributed by atoms with Crippen LogP contribution in [0.3, 0.4) is 0 Å². The molecule has 2 heterocycles. The van der Waals surface area contributed by atoms with Crippen LogP contribution in [0.25, 0.3) is 28.0 Å². The Labute approximate surface area is 334 Å². The number of piperidine rings is 1. The Morgan fingerprint density at radius 1 is 0.759 bits per heavy atom. The zero-order valence-electron chi connectivity index (χ0n) is 31.3. The largest absolute Gasteiger partial charge is 0.472 e. The van der Waals surface area contributed by atoms with Crippen LogP contribution < -0.4 is 9.64 Å². The van der Waals surface area contributed by atoms with Crippen molar-refractivity contribution in [2.45, 2.75) is 83.7 Å². The van der Waals surface area contributed by atoms with Crippen molar-refractivity contribution in [2.24, 2.45) is 11.8 Å². The van der Waals surface area contributed by atoms with Gasteiger partial charge in [-0.1, -0.05) is 103 Å². The van der Waals surface area contributed by atoms with Gasteiger partial charge in [0.05, 0.1) is 5.39 Å². The topological polar surface area (TPSA) is 12.5 Å². The molecule has 0 radical (unpaired) electrons. The molecule has 3 unspecified atom stereocenters. The molecular weight excluding hydrogens is 811 g/mol. The molecule has 2 aliphatic heterocycles. The van der Waals surface area contributed by atoms with E-state index in [2.05, 4.69) is 113 Å². The van der Waals surface area contributed by atoms with Gasteiger partial charge >= 0.3 is 0 Å². The van der Waals surface area contributed by atoms with Crippen molar-refractivity contribution in [3.8, 4) is 16.9 Å². The van der Waals surface area contributed by atoms with Gasteiger partial charge in [0.1, 0.15) is 23.2 Å². The Hall–Kier alpha value is -3.55. The molecule has 1 fully saturated rings. The molecule has 3 aliphatic rings. The number of hydrogen-bond donors (Lipinski definition) is 0. The zero-order valence-corrected chi connectivity index (χ0v) is 34.5. The highest BCUT2D eigenvalue weighted by Gasteiger charge is 2.54. The van der Waals surface area contributed by atoms with Crippen molar-refractivity contribution in [3.63, 3.8) is 0 Å². The average molecular weight is 858 g/mol. The summed E-state index contributed by atoms with van der Waals surface area (Å²) in [5.74, 6) is -0.921. The minimum absolute atomic E-state index is 0.181. The summed E-state index contributed by atoms with van der Waals surface area (Å²) in [6.45, 7) is 11.2. The van der Waals surface area contributed by atoms with Crippen LogP contribution in [0.2, 0.25) is 0 Å². The average Bonchev–Trinajstić information content (AvgIpc) is 3.48. The van der Waals surface area contributed by atoms with E-state index in [9.17, 15) is 4.39 Å². The summed E-state index contributed by atoms with van der Waals surface area (Å²) in [7, 11) is 0. The third-order valence-corrected chi connectivity index (χ3v) is 13.6. The number of halogens is 5. The van der Waals surface area contributed by atoms with Gasteiger partial charge in [0, 0.05) is 55.9 Å². The van der Waals surface area contributed by atoms with Crippen LogP contribution in [-0.4, -0.2) is 13.1 Å². The van der Waals surface area contributed by atoms with Crippen molar-refractivity contribution in [1.29, 1.82) is 0 Å². The first-order valence-corrected chi connectivity index (χ1v) is 21.1. The third kappa shape index (κ3) is 5.77. The van der Waals surface area contributed by atoms with Crippen molar-refractivity contribution in [2.75, 3.05) is 18.0 Å².